The van der Waals surface area contributed by atoms with Crippen LogP contribution in [0.4, 0.5) is 0 Å². The van der Waals surface area contributed by atoms with Gasteiger partial charge in [-0.1, -0.05) is 6.07 Å². The van der Waals surface area contributed by atoms with E-state index in [1.807, 2.05) is 18.2 Å². The lowest BCUT2D eigenvalue weighted by molar-refractivity contribution is 0.282. The first-order valence-corrected chi connectivity index (χ1v) is 6.64. The predicted octanol–water partition coefficient (Wildman–Crippen LogP) is 3.40. The molecule has 0 radical (unpaired) electrons. The van der Waals surface area contributed by atoms with Crippen molar-refractivity contribution in [3.8, 4) is 0 Å². The first-order chi connectivity index (χ1) is 6.76. The van der Waals surface area contributed by atoms with E-state index in [-0.39, 0.29) is 6.61 Å². The zero-order valence-corrected chi connectivity index (χ0v) is 10.2. The largest absolute Gasteiger partial charge is 0.392 e. The molecule has 0 bridgehead atoms. The maximum Gasteiger partial charge on any atom is 0.0742 e. The molecule has 1 aromatic carbocycles. The number of hydrogen-bond acceptors (Lipinski definition) is 4. The van der Waals surface area contributed by atoms with Crippen LogP contribution in [0.5, 0.6) is 0 Å². The quantitative estimate of drug-likeness (QED) is 0.622. The molecule has 0 saturated heterocycles. The molecule has 0 unspecified atom stereocenters. The first kappa shape index (κ1) is 10.4. The first-order valence-electron chi connectivity index (χ1n) is 4.15. The highest BCUT2D eigenvalue weighted by Crippen LogP contribution is 2.39. The summed E-state index contributed by atoms with van der Waals surface area (Å²) in [4.78, 5) is 1.04. The predicted molar refractivity (Wildman–Crippen MR) is 66.8 cm³/mol. The molecule has 2 aromatic rings. The molecule has 0 aliphatic carbocycles. The standard InChI is InChI=1S/C10H10OS3/c1-13-10-9(12)7-4-6(5-11)2-3-8(7)14-10/h2-4,11-12H,5H2,1H3. The third-order valence-corrected chi connectivity index (χ3v) is 5.12. The summed E-state index contributed by atoms with van der Waals surface area (Å²) in [5, 5.41) is 10.2. The zero-order chi connectivity index (χ0) is 10.1. The van der Waals surface area contributed by atoms with Gasteiger partial charge < -0.3 is 5.11 Å². The van der Waals surface area contributed by atoms with Crippen molar-refractivity contribution in [2.75, 3.05) is 6.26 Å². The second-order valence-corrected chi connectivity index (χ2v) is 5.51. The molecule has 1 nitrogen and oxygen atoms in total. The van der Waals surface area contributed by atoms with Gasteiger partial charge in [0.2, 0.25) is 0 Å². The summed E-state index contributed by atoms with van der Waals surface area (Å²) in [5.41, 5.74) is 0.943. The molecule has 0 saturated carbocycles. The summed E-state index contributed by atoms with van der Waals surface area (Å²) in [7, 11) is 0. The lowest BCUT2D eigenvalue weighted by Crippen LogP contribution is -1.80. The Kier molecular flexibility index (Phi) is 3.07. The monoisotopic (exact) mass is 242 g/mol. The van der Waals surface area contributed by atoms with Crippen LogP contribution in [0.3, 0.4) is 0 Å². The van der Waals surface area contributed by atoms with E-state index in [1.165, 1.54) is 8.91 Å². The third-order valence-electron chi connectivity index (χ3n) is 2.06. The lowest BCUT2D eigenvalue weighted by Gasteiger charge is -1.96. The van der Waals surface area contributed by atoms with E-state index in [2.05, 4.69) is 18.9 Å². The molecule has 2 rings (SSSR count). The SMILES string of the molecule is CSc1sc2ccc(CO)cc2c1S. The Morgan fingerprint density at radius 3 is 2.93 bits per heavy atom. The molecule has 0 spiro atoms. The van der Waals surface area contributed by atoms with E-state index in [4.69, 9.17) is 5.11 Å². The minimum atomic E-state index is 0.0909. The Morgan fingerprint density at radius 1 is 1.50 bits per heavy atom. The minimum Gasteiger partial charge on any atom is -0.392 e. The van der Waals surface area contributed by atoms with Crippen LogP contribution in [0.15, 0.2) is 27.3 Å². The van der Waals surface area contributed by atoms with E-state index >= 15 is 0 Å². The third kappa shape index (κ3) is 1.67. The highest BCUT2D eigenvalue weighted by Gasteiger charge is 2.08. The van der Waals surface area contributed by atoms with Crippen LogP contribution in [0.2, 0.25) is 0 Å². The zero-order valence-electron chi connectivity index (χ0n) is 7.65. The van der Waals surface area contributed by atoms with E-state index in [0.29, 0.717) is 0 Å². The van der Waals surface area contributed by atoms with Crippen molar-refractivity contribution in [1.82, 2.24) is 0 Å². The molecule has 4 heteroatoms. The van der Waals surface area contributed by atoms with Gasteiger partial charge in [0.1, 0.15) is 0 Å². The fourth-order valence-corrected chi connectivity index (χ4v) is 3.74. The Bertz CT molecular complexity index is 462. The highest BCUT2D eigenvalue weighted by molar-refractivity contribution is 8.01. The van der Waals surface area contributed by atoms with Gasteiger partial charge in [0.25, 0.3) is 0 Å². The van der Waals surface area contributed by atoms with E-state index in [1.54, 1.807) is 23.1 Å². The van der Waals surface area contributed by atoms with Crippen molar-refractivity contribution >= 4 is 45.8 Å². The molecule has 0 aliphatic rings. The van der Waals surface area contributed by atoms with E-state index < -0.39 is 0 Å². The van der Waals surface area contributed by atoms with Gasteiger partial charge in [-0.3, -0.25) is 0 Å². The van der Waals surface area contributed by atoms with Crippen molar-refractivity contribution in [1.29, 1.82) is 0 Å². The average Bonchev–Trinajstić information content (AvgIpc) is 2.55. The molecule has 0 aliphatic heterocycles. The number of hydrogen-bond donors (Lipinski definition) is 2. The smallest absolute Gasteiger partial charge is 0.0742 e. The number of aliphatic hydroxyl groups excluding tert-OH is 1. The van der Waals surface area contributed by atoms with Crippen LogP contribution in [0.1, 0.15) is 5.56 Å². The van der Waals surface area contributed by atoms with Crippen molar-refractivity contribution in [3.63, 3.8) is 0 Å². The molecular formula is C10H10OS3. The summed E-state index contributed by atoms with van der Waals surface area (Å²) in [6, 6.07) is 6.01. The van der Waals surface area contributed by atoms with Gasteiger partial charge in [0.05, 0.1) is 10.8 Å². The number of rotatable bonds is 2. The molecule has 74 valence electrons. The average molecular weight is 242 g/mol. The number of aliphatic hydroxyl groups is 1. The molecule has 0 fully saturated rings. The summed E-state index contributed by atoms with van der Waals surface area (Å²) >= 11 is 7.95. The molecule has 1 heterocycles. The molecule has 1 aromatic heterocycles. The van der Waals surface area contributed by atoms with Crippen LogP contribution >= 0.6 is 35.7 Å². The van der Waals surface area contributed by atoms with Gasteiger partial charge in [0.15, 0.2) is 0 Å². The number of thiophene rings is 1. The Morgan fingerprint density at radius 2 is 2.29 bits per heavy atom. The summed E-state index contributed by atoms with van der Waals surface area (Å²) in [5.74, 6) is 0. The minimum absolute atomic E-state index is 0.0909. The fourth-order valence-electron chi connectivity index (χ4n) is 1.35. The molecular weight excluding hydrogens is 232 g/mol. The normalized spacial score (nSPS) is 11.1. The summed E-state index contributed by atoms with van der Waals surface area (Å²) in [6.45, 7) is 0.0909. The molecule has 0 amide bonds. The van der Waals surface area contributed by atoms with Gasteiger partial charge >= 0.3 is 0 Å². The molecule has 0 atom stereocenters. The van der Waals surface area contributed by atoms with Crippen molar-refractivity contribution in [2.45, 2.75) is 15.7 Å². The van der Waals surface area contributed by atoms with Crippen LogP contribution in [-0.4, -0.2) is 11.4 Å². The van der Waals surface area contributed by atoms with Gasteiger partial charge in [-0.2, -0.15) is 0 Å². The highest BCUT2D eigenvalue weighted by atomic mass is 32.2. The Balaban J connectivity index is 2.68. The maximum absolute atomic E-state index is 9.03. The topological polar surface area (TPSA) is 20.2 Å². The van der Waals surface area contributed by atoms with Crippen LogP contribution in [0, 0.1) is 0 Å². The van der Waals surface area contributed by atoms with Crippen LogP contribution in [-0.2, 0) is 6.61 Å². The maximum atomic E-state index is 9.03. The van der Waals surface area contributed by atoms with Crippen LogP contribution < -0.4 is 0 Å². The number of thiol groups is 1. The number of fused-ring (bicyclic) bond motifs is 1. The molecule has 1 N–H and O–H groups in total. The van der Waals surface area contributed by atoms with Gasteiger partial charge in [-0.15, -0.1) is 35.7 Å². The van der Waals surface area contributed by atoms with E-state index in [0.717, 1.165) is 15.8 Å². The number of benzene rings is 1. The van der Waals surface area contributed by atoms with E-state index in [9.17, 15) is 0 Å². The second-order valence-electron chi connectivity index (χ2n) is 2.93. The summed E-state index contributed by atoms with van der Waals surface area (Å²) in [6.07, 6.45) is 2.05. The second kappa shape index (κ2) is 4.14. The van der Waals surface area contributed by atoms with Crippen molar-refractivity contribution < 1.29 is 5.11 Å². The lowest BCUT2D eigenvalue weighted by atomic mass is 10.2. The van der Waals surface area contributed by atoms with Crippen LogP contribution in [0.25, 0.3) is 10.1 Å². The fraction of sp³-hybridized carbons (Fsp3) is 0.200. The summed E-state index contributed by atoms with van der Waals surface area (Å²) < 4.78 is 2.47. The van der Waals surface area contributed by atoms with Crippen molar-refractivity contribution in [3.05, 3.63) is 23.8 Å². The Hall–Kier alpha value is -0.160. The van der Waals surface area contributed by atoms with Gasteiger partial charge in [0, 0.05) is 15.0 Å². The Labute approximate surface area is 96.6 Å². The number of thioether (sulfide) groups is 1. The van der Waals surface area contributed by atoms with Gasteiger partial charge in [-0.25, -0.2) is 0 Å². The molecule has 14 heavy (non-hydrogen) atoms. The van der Waals surface area contributed by atoms with Gasteiger partial charge in [-0.05, 0) is 24.0 Å². The van der Waals surface area contributed by atoms with Crippen molar-refractivity contribution in [2.24, 2.45) is 0 Å².